The number of carbonyl (C=O) groups is 1. The maximum Gasteiger partial charge on any atom is 0.679 e. The quantitative estimate of drug-likeness (QED) is 0.167. The van der Waals surface area contributed by atoms with E-state index in [2.05, 4.69) is 0 Å². The monoisotopic (exact) mass is 601 g/mol. The minimum Gasteiger partial charge on any atom is -0.497 e. The van der Waals surface area contributed by atoms with Crippen molar-refractivity contribution in [3.8, 4) is 33.9 Å². The van der Waals surface area contributed by atoms with Gasteiger partial charge in [0.2, 0.25) is 0 Å². The van der Waals surface area contributed by atoms with Crippen LogP contribution < -0.4 is 9.47 Å². The SMILES string of the molecule is COc1ccc(-c2cc(-c3ccccc3)n(B(F)F)c2N=C2N=C(c3ccccc3)C=C2c2ccc(OCC(=O)O)cc2)cc1. The number of amidine groups is 1. The minimum absolute atomic E-state index is 0.0504. The summed E-state index contributed by atoms with van der Waals surface area (Å²) in [5, 5.41) is 8.95. The van der Waals surface area contributed by atoms with E-state index in [-0.39, 0.29) is 11.7 Å². The molecule has 10 heteroatoms. The maximum atomic E-state index is 15.0. The number of aliphatic imine (C=N–C) groups is 2. The Morgan fingerprint density at radius 1 is 0.822 bits per heavy atom. The van der Waals surface area contributed by atoms with Crippen molar-refractivity contribution in [3.63, 3.8) is 0 Å². The lowest BCUT2D eigenvalue weighted by atomic mass is 10.0. The molecule has 7 nitrogen and oxygen atoms in total. The smallest absolute Gasteiger partial charge is 0.497 e. The zero-order valence-corrected chi connectivity index (χ0v) is 24.1. The lowest BCUT2D eigenvalue weighted by molar-refractivity contribution is -0.139. The first-order valence-corrected chi connectivity index (χ1v) is 14.0. The molecule has 0 amide bonds. The van der Waals surface area contributed by atoms with Crippen molar-refractivity contribution >= 4 is 36.3 Å². The molecule has 0 atom stereocenters. The molecular formula is C35H26BF2N3O4. The average Bonchev–Trinajstić information content (AvgIpc) is 3.67. The van der Waals surface area contributed by atoms with Gasteiger partial charge in [-0.05, 0) is 53.1 Å². The molecule has 0 saturated carbocycles. The first-order chi connectivity index (χ1) is 21.9. The molecule has 2 heterocycles. The summed E-state index contributed by atoms with van der Waals surface area (Å²) in [5.41, 5.74) is 4.90. The van der Waals surface area contributed by atoms with Gasteiger partial charge in [0, 0.05) is 22.4 Å². The third-order valence-electron chi connectivity index (χ3n) is 7.23. The fraction of sp³-hybridized carbons (Fsp3) is 0.0571. The number of benzene rings is 4. The van der Waals surface area contributed by atoms with Crippen LogP contribution >= 0.6 is 0 Å². The first-order valence-electron chi connectivity index (χ1n) is 14.0. The Morgan fingerprint density at radius 2 is 1.42 bits per heavy atom. The van der Waals surface area contributed by atoms with Crippen LogP contribution in [0.4, 0.5) is 14.4 Å². The number of rotatable bonds is 10. The Hall–Kier alpha value is -5.77. The van der Waals surface area contributed by atoms with Crippen LogP contribution in [-0.2, 0) is 4.79 Å². The molecule has 0 fully saturated rings. The van der Waals surface area contributed by atoms with E-state index in [9.17, 15) is 13.4 Å². The van der Waals surface area contributed by atoms with Crippen molar-refractivity contribution in [1.82, 2.24) is 4.48 Å². The lowest BCUT2D eigenvalue weighted by Gasteiger charge is -2.11. The second-order valence-corrected chi connectivity index (χ2v) is 10.1. The highest BCUT2D eigenvalue weighted by Gasteiger charge is 2.30. The summed E-state index contributed by atoms with van der Waals surface area (Å²) in [6, 6.07) is 34.2. The van der Waals surface area contributed by atoms with Crippen LogP contribution in [0.1, 0.15) is 11.1 Å². The van der Waals surface area contributed by atoms with Crippen molar-refractivity contribution in [3.05, 3.63) is 132 Å². The van der Waals surface area contributed by atoms with Gasteiger partial charge in [-0.25, -0.2) is 14.8 Å². The number of carboxylic acids is 1. The van der Waals surface area contributed by atoms with Gasteiger partial charge in [0.15, 0.2) is 12.4 Å². The number of carboxylic acid groups (broad SMARTS) is 1. The van der Waals surface area contributed by atoms with Crippen LogP contribution in [0, 0.1) is 0 Å². The molecule has 0 unspecified atom stereocenters. The number of methoxy groups -OCH3 is 1. The number of aromatic nitrogens is 1. The normalized spacial score (nSPS) is 13.4. The van der Waals surface area contributed by atoms with Gasteiger partial charge in [0.25, 0.3) is 0 Å². The minimum atomic E-state index is -2.90. The van der Waals surface area contributed by atoms with E-state index in [0.717, 1.165) is 10.0 Å². The van der Waals surface area contributed by atoms with Gasteiger partial charge in [0.05, 0.1) is 12.8 Å². The van der Waals surface area contributed by atoms with Crippen molar-refractivity contribution in [1.29, 1.82) is 0 Å². The number of hydrogen-bond donors (Lipinski definition) is 1. The van der Waals surface area contributed by atoms with Gasteiger partial charge in [-0.2, -0.15) is 0 Å². The topological polar surface area (TPSA) is 85.4 Å². The van der Waals surface area contributed by atoms with E-state index in [4.69, 9.17) is 24.6 Å². The van der Waals surface area contributed by atoms with Crippen LogP contribution in [-0.4, -0.2) is 48.2 Å². The number of aliphatic carboxylic acids is 1. The van der Waals surface area contributed by atoms with Gasteiger partial charge >= 0.3 is 13.4 Å². The van der Waals surface area contributed by atoms with Crippen LogP contribution in [0.25, 0.3) is 28.0 Å². The zero-order chi connectivity index (χ0) is 31.3. The molecule has 6 rings (SSSR count). The molecule has 4 aromatic carbocycles. The molecule has 222 valence electrons. The van der Waals surface area contributed by atoms with Gasteiger partial charge in [0.1, 0.15) is 17.3 Å². The van der Waals surface area contributed by atoms with E-state index >= 15 is 0 Å². The molecule has 45 heavy (non-hydrogen) atoms. The Labute approximate surface area is 258 Å². The Balaban J connectivity index is 1.54. The molecule has 0 radical (unpaired) electrons. The van der Waals surface area contributed by atoms with E-state index in [0.29, 0.717) is 50.7 Å². The summed E-state index contributed by atoms with van der Waals surface area (Å²) in [6.45, 7) is -0.474. The molecule has 0 aliphatic carbocycles. The zero-order valence-electron chi connectivity index (χ0n) is 24.1. The van der Waals surface area contributed by atoms with Gasteiger partial charge in [-0.3, -0.25) is 8.63 Å². The number of allylic oxidation sites excluding steroid dienone is 1. The largest absolute Gasteiger partial charge is 0.679 e. The first kappa shape index (κ1) is 29.3. The Kier molecular flexibility index (Phi) is 8.37. The van der Waals surface area contributed by atoms with E-state index < -0.39 is 20.0 Å². The Bertz CT molecular complexity index is 1920. The molecule has 0 bridgehead atoms. The summed E-state index contributed by atoms with van der Waals surface area (Å²) in [6.07, 6.45) is 1.86. The number of ether oxygens (including phenoxy) is 2. The van der Waals surface area contributed by atoms with Crippen molar-refractivity contribution in [2.45, 2.75) is 0 Å². The van der Waals surface area contributed by atoms with Crippen LogP contribution in [0.2, 0.25) is 0 Å². The van der Waals surface area contributed by atoms with Gasteiger partial charge in [-0.15, -0.1) is 0 Å². The van der Waals surface area contributed by atoms with Gasteiger partial charge in [-0.1, -0.05) is 84.9 Å². The summed E-state index contributed by atoms with van der Waals surface area (Å²) in [5.74, 6) is 0.231. The highest BCUT2D eigenvalue weighted by Crippen LogP contribution is 2.41. The fourth-order valence-corrected chi connectivity index (χ4v) is 5.08. The summed E-state index contributed by atoms with van der Waals surface area (Å²) >= 11 is 0. The van der Waals surface area contributed by atoms with E-state index in [1.807, 2.05) is 54.6 Å². The third-order valence-corrected chi connectivity index (χ3v) is 7.23. The maximum absolute atomic E-state index is 15.0. The molecule has 1 aliphatic rings. The summed E-state index contributed by atoms with van der Waals surface area (Å²) in [4.78, 5) is 20.6. The standard InChI is InChI=1S/C35H26BF2N3O4/c1-44-27-16-12-24(13-17-27)30-21-32(26-10-6-3-7-11-26)41(36(37)38)35(30)40-34-29(20-31(39-34)25-8-4-2-5-9-25)23-14-18-28(19-15-23)45-22-33(42)43/h2-21H,22H2,1H3,(H,42,43). The van der Waals surface area contributed by atoms with Crippen molar-refractivity contribution in [2.24, 2.45) is 9.98 Å². The van der Waals surface area contributed by atoms with E-state index in [1.54, 1.807) is 73.8 Å². The molecule has 1 aliphatic heterocycles. The van der Waals surface area contributed by atoms with Crippen molar-refractivity contribution < 1.29 is 28.0 Å². The van der Waals surface area contributed by atoms with Crippen LogP contribution in [0.15, 0.2) is 131 Å². The summed E-state index contributed by atoms with van der Waals surface area (Å²) < 4.78 is 41.5. The number of nitrogens with zero attached hydrogens (tertiary/aromatic N) is 3. The third kappa shape index (κ3) is 6.30. The number of halogens is 2. The molecule has 0 spiro atoms. The fourth-order valence-electron chi connectivity index (χ4n) is 5.08. The predicted octanol–water partition coefficient (Wildman–Crippen LogP) is 7.68. The molecule has 1 aromatic heterocycles. The second kappa shape index (κ2) is 12.8. The Morgan fingerprint density at radius 3 is 2.02 bits per heavy atom. The summed E-state index contributed by atoms with van der Waals surface area (Å²) in [7, 11) is -1.34. The highest BCUT2D eigenvalue weighted by molar-refractivity contribution is 6.43. The second-order valence-electron chi connectivity index (χ2n) is 10.1. The average molecular weight is 601 g/mol. The van der Waals surface area contributed by atoms with Gasteiger partial charge < -0.3 is 19.1 Å². The predicted molar refractivity (Wildman–Crippen MR) is 173 cm³/mol. The molecule has 1 N–H and O–H groups in total. The molecule has 0 saturated heterocycles. The molecular weight excluding hydrogens is 575 g/mol. The lowest BCUT2D eigenvalue weighted by Crippen LogP contribution is -2.14. The van der Waals surface area contributed by atoms with E-state index in [1.165, 1.54) is 0 Å². The molecule has 5 aromatic rings. The highest BCUT2D eigenvalue weighted by atomic mass is 19.2. The van der Waals surface area contributed by atoms with Crippen LogP contribution in [0.3, 0.4) is 0 Å². The van der Waals surface area contributed by atoms with Crippen LogP contribution in [0.5, 0.6) is 11.5 Å². The van der Waals surface area contributed by atoms with Crippen molar-refractivity contribution in [2.75, 3.05) is 13.7 Å². The number of hydrogen-bond acceptors (Lipinski definition) is 4.